The van der Waals surface area contributed by atoms with Gasteiger partial charge in [0.1, 0.15) is 11.6 Å². The molecule has 0 aliphatic carbocycles. The second kappa shape index (κ2) is 10.2. The summed E-state index contributed by atoms with van der Waals surface area (Å²) in [5.41, 5.74) is 0.680. The van der Waals surface area contributed by atoms with Gasteiger partial charge in [-0.1, -0.05) is 12.1 Å². The van der Waals surface area contributed by atoms with Crippen molar-refractivity contribution in [2.24, 2.45) is 4.99 Å². The van der Waals surface area contributed by atoms with E-state index in [4.69, 9.17) is 0 Å². The van der Waals surface area contributed by atoms with Gasteiger partial charge < -0.3 is 24.8 Å². The number of hydrogen-bond acceptors (Lipinski definition) is 5. The molecule has 1 aromatic heterocycles. The molecule has 4 rings (SSSR count). The number of aromatic nitrogens is 3. The molecule has 2 N–H and O–H groups in total. The third-order valence-corrected chi connectivity index (χ3v) is 5.27. The normalized spacial score (nSPS) is 18.3. The van der Waals surface area contributed by atoms with Crippen LogP contribution in [0.2, 0.25) is 0 Å². The van der Waals surface area contributed by atoms with Crippen LogP contribution >= 0.6 is 24.0 Å². The van der Waals surface area contributed by atoms with Crippen molar-refractivity contribution in [3.63, 3.8) is 0 Å². The number of rotatable bonds is 6. The van der Waals surface area contributed by atoms with E-state index in [2.05, 4.69) is 35.1 Å². The minimum absolute atomic E-state index is 0. The van der Waals surface area contributed by atoms with Crippen LogP contribution in [0.3, 0.4) is 0 Å². The van der Waals surface area contributed by atoms with Gasteiger partial charge in [-0.3, -0.25) is 4.99 Å². The molecule has 2 aliphatic rings. The molecule has 30 heavy (non-hydrogen) atoms. The minimum Gasteiger partial charge on any atom is -0.433 e. The molecular formula is C19H26F2IN7O. The lowest BCUT2D eigenvalue weighted by atomic mass is 10.2. The van der Waals surface area contributed by atoms with Crippen LogP contribution in [0.5, 0.6) is 5.75 Å². The molecule has 2 aliphatic heterocycles. The fraction of sp³-hybridized carbons (Fsp3) is 0.526. The third-order valence-electron chi connectivity index (χ3n) is 5.27. The first-order valence-corrected chi connectivity index (χ1v) is 9.81. The highest BCUT2D eigenvalue weighted by atomic mass is 127. The Hall–Kier alpha value is -2.18. The molecule has 0 spiro atoms. The predicted molar refractivity (Wildman–Crippen MR) is 121 cm³/mol. The van der Waals surface area contributed by atoms with Crippen molar-refractivity contribution < 1.29 is 13.5 Å². The Morgan fingerprint density at radius 3 is 2.93 bits per heavy atom. The summed E-state index contributed by atoms with van der Waals surface area (Å²) in [5, 5.41) is 15.2. The fourth-order valence-electron chi connectivity index (χ4n) is 3.90. The van der Waals surface area contributed by atoms with Gasteiger partial charge in [-0.15, -0.1) is 34.2 Å². The number of benzene rings is 1. The summed E-state index contributed by atoms with van der Waals surface area (Å²) < 4.78 is 32.2. The highest BCUT2D eigenvalue weighted by Crippen LogP contribution is 2.31. The maximum Gasteiger partial charge on any atom is 0.387 e. The molecule has 1 unspecified atom stereocenters. The van der Waals surface area contributed by atoms with Crippen LogP contribution in [0.1, 0.15) is 24.5 Å². The van der Waals surface area contributed by atoms with E-state index < -0.39 is 6.61 Å². The van der Waals surface area contributed by atoms with Crippen LogP contribution in [-0.2, 0) is 19.5 Å². The zero-order valence-corrected chi connectivity index (χ0v) is 19.1. The number of hydrogen-bond donors (Lipinski definition) is 2. The molecule has 2 aromatic rings. The predicted octanol–water partition coefficient (Wildman–Crippen LogP) is 2.39. The van der Waals surface area contributed by atoms with E-state index in [-0.39, 0.29) is 35.8 Å². The number of anilines is 1. The summed E-state index contributed by atoms with van der Waals surface area (Å²) in [6.07, 6.45) is 2.96. The summed E-state index contributed by atoms with van der Waals surface area (Å²) in [4.78, 5) is 6.34. The number of aliphatic imine (C=N–C) groups is 1. The van der Waals surface area contributed by atoms with Gasteiger partial charge in [0, 0.05) is 39.1 Å². The van der Waals surface area contributed by atoms with E-state index in [1.54, 1.807) is 25.2 Å². The molecule has 164 valence electrons. The number of nitrogens with one attached hydrogen (secondary N) is 2. The second-order valence-corrected chi connectivity index (χ2v) is 7.14. The zero-order chi connectivity index (χ0) is 20.2. The van der Waals surface area contributed by atoms with E-state index in [0.717, 1.165) is 44.0 Å². The van der Waals surface area contributed by atoms with Gasteiger partial charge in [-0.25, -0.2) is 0 Å². The number of nitrogens with zero attached hydrogens (tertiary/aromatic N) is 5. The van der Waals surface area contributed by atoms with E-state index in [9.17, 15) is 8.78 Å². The van der Waals surface area contributed by atoms with Crippen molar-refractivity contribution in [2.75, 3.05) is 25.0 Å². The molecule has 1 fully saturated rings. The molecule has 3 heterocycles. The van der Waals surface area contributed by atoms with Crippen LogP contribution in [0, 0.1) is 0 Å². The van der Waals surface area contributed by atoms with Gasteiger partial charge in [-0.05, 0) is 25.0 Å². The molecule has 1 aromatic carbocycles. The highest BCUT2D eigenvalue weighted by Gasteiger charge is 2.26. The molecule has 1 atom stereocenters. The Balaban J connectivity index is 0.00000256. The van der Waals surface area contributed by atoms with Crippen molar-refractivity contribution in [2.45, 2.75) is 45.0 Å². The molecule has 1 saturated heterocycles. The van der Waals surface area contributed by atoms with E-state index in [1.165, 1.54) is 0 Å². The van der Waals surface area contributed by atoms with Crippen molar-refractivity contribution in [3.05, 3.63) is 35.9 Å². The molecule has 0 saturated carbocycles. The Morgan fingerprint density at radius 2 is 2.13 bits per heavy atom. The number of para-hydroxylation sites is 2. The summed E-state index contributed by atoms with van der Waals surface area (Å²) in [5.74, 6) is 2.84. The smallest absolute Gasteiger partial charge is 0.387 e. The molecule has 8 nitrogen and oxygen atoms in total. The number of guanidine groups is 1. The largest absolute Gasteiger partial charge is 0.433 e. The Bertz CT molecular complexity index is 876. The standard InChI is InChI=1S/C19H25F2N7O.HI/c1-22-19(23-11-17-26-25-16-7-4-9-28(16)17)24-13-8-10-27(12-13)14-5-2-3-6-15(14)29-18(20)21;/h2-3,5-6,13,18H,4,7-12H2,1H3,(H2,22,23,24);1H. The van der Waals surface area contributed by atoms with Crippen molar-refractivity contribution in [3.8, 4) is 5.75 Å². The van der Waals surface area contributed by atoms with Gasteiger partial charge in [0.25, 0.3) is 0 Å². The van der Waals surface area contributed by atoms with E-state index in [1.807, 2.05) is 11.0 Å². The lowest BCUT2D eigenvalue weighted by Crippen LogP contribution is -2.44. The molecular weight excluding hydrogens is 507 g/mol. The van der Waals surface area contributed by atoms with Gasteiger partial charge >= 0.3 is 6.61 Å². The molecule has 0 amide bonds. The zero-order valence-electron chi connectivity index (χ0n) is 16.7. The van der Waals surface area contributed by atoms with Crippen molar-refractivity contribution in [1.29, 1.82) is 0 Å². The number of fused-ring (bicyclic) bond motifs is 1. The lowest BCUT2D eigenvalue weighted by Gasteiger charge is -2.22. The van der Waals surface area contributed by atoms with Crippen LogP contribution in [0.25, 0.3) is 0 Å². The highest BCUT2D eigenvalue weighted by molar-refractivity contribution is 14.0. The number of halogens is 3. The first kappa shape index (κ1) is 22.5. The first-order valence-electron chi connectivity index (χ1n) is 9.81. The number of ether oxygens (including phenoxy) is 1. The van der Waals surface area contributed by atoms with Gasteiger partial charge in [-0.2, -0.15) is 8.78 Å². The van der Waals surface area contributed by atoms with Crippen molar-refractivity contribution >= 4 is 35.6 Å². The van der Waals surface area contributed by atoms with E-state index >= 15 is 0 Å². The SMILES string of the molecule is CN=C(NCc1nnc2n1CCC2)NC1CCN(c2ccccc2OC(F)F)C1.I. The molecule has 11 heteroatoms. The van der Waals surface area contributed by atoms with Crippen LogP contribution in [-0.4, -0.2) is 53.5 Å². The summed E-state index contributed by atoms with van der Waals surface area (Å²) in [6, 6.07) is 7.04. The summed E-state index contributed by atoms with van der Waals surface area (Å²) in [6.45, 7) is 0.0898. The van der Waals surface area contributed by atoms with Gasteiger partial charge in [0.15, 0.2) is 11.8 Å². The van der Waals surface area contributed by atoms with E-state index in [0.29, 0.717) is 24.7 Å². The average Bonchev–Trinajstić information content (AvgIpc) is 3.43. The Morgan fingerprint density at radius 1 is 1.30 bits per heavy atom. The van der Waals surface area contributed by atoms with Crippen LogP contribution in [0.15, 0.2) is 29.3 Å². The quantitative estimate of drug-likeness (QED) is 0.338. The van der Waals surface area contributed by atoms with Gasteiger partial charge in [0.2, 0.25) is 0 Å². The topological polar surface area (TPSA) is 79.6 Å². The average molecular weight is 533 g/mol. The van der Waals surface area contributed by atoms with Crippen LogP contribution in [0.4, 0.5) is 14.5 Å². The second-order valence-electron chi connectivity index (χ2n) is 7.14. The van der Waals surface area contributed by atoms with Crippen molar-refractivity contribution in [1.82, 2.24) is 25.4 Å². The summed E-state index contributed by atoms with van der Waals surface area (Å²) >= 11 is 0. The first-order chi connectivity index (χ1) is 14.1. The Labute approximate surface area is 191 Å². The molecule has 0 radical (unpaired) electrons. The third kappa shape index (κ3) is 5.10. The maximum absolute atomic E-state index is 12.7. The van der Waals surface area contributed by atoms with Crippen LogP contribution < -0.4 is 20.3 Å². The Kier molecular flexibility index (Phi) is 7.67. The summed E-state index contributed by atoms with van der Waals surface area (Å²) in [7, 11) is 1.72. The molecule has 0 bridgehead atoms. The van der Waals surface area contributed by atoms with Gasteiger partial charge in [0.05, 0.1) is 12.2 Å². The minimum atomic E-state index is -2.84. The fourth-order valence-corrected chi connectivity index (χ4v) is 3.90. The monoisotopic (exact) mass is 533 g/mol. The number of aryl methyl sites for hydroxylation is 1. The maximum atomic E-state index is 12.7. The lowest BCUT2D eigenvalue weighted by molar-refractivity contribution is -0.0495. The number of alkyl halides is 2.